The molecular formula is C34H56N2O11. The van der Waals surface area contributed by atoms with Gasteiger partial charge in [-0.25, -0.2) is 9.59 Å². The Hall–Kier alpha value is -2.58. The quantitative estimate of drug-likeness (QED) is 0.232. The van der Waals surface area contributed by atoms with Gasteiger partial charge in [0, 0.05) is 37.0 Å². The van der Waals surface area contributed by atoms with Crippen LogP contribution in [0.4, 0.5) is 4.79 Å². The molecule has 47 heavy (non-hydrogen) atoms. The molecule has 3 fully saturated rings. The van der Waals surface area contributed by atoms with Gasteiger partial charge in [-0.1, -0.05) is 34.3 Å². The third kappa shape index (κ3) is 8.01. The van der Waals surface area contributed by atoms with Crippen molar-refractivity contribution in [3.8, 4) is 0 Å². The van der Waals surface area contributed by atoms with Gasteiger partial charge in [-0.05, 0) is 61.1 Å². The molecule has 13 nitrogen and oxygen atoms in total. The fraction of sp³-hybridized carbons (Fsp3) is 0.824. The van der Waals surface area contributed by atoms with Crippen LogP contribution in [-0.4, -0.2) is 115 Å². The number of aliphatic hydroxyl groups excluding tert-OH is 1. The number of ketones is 1. The predicted octanol–water partition coefficient (Wildman–Crippen LogP) is 3.01. The van der Waals surface area contributed by atoms with E-state index in [4.69, 9.17) is 28.4 Å². The highest BCUT2D eigenvalue weighted by Gasteiger charge is 2.57. The van der Waals surface area contributed by atoms with Crippen LogP contribution in [0.3, 0.4) is 0 Å². The second kappa shape index (κ2) is 15.3. The second-order valence-electron chi connectivity index (χ2n) is 14.2. The lowest BCUT2D eigenvalue weighted by Gasteiger charge is -2.48. The highest BCUT2D eigenvalue weighted by molar-refractivity contribution is 5.85. The number of hydrogen-bond acceptors (Lipinski definition) is 12. The van der Waals surface area contributed by atoms with Crippen LogP contribution in [0.2, 0.25) is 0 Å². The number of carbonyl (C=O) groups excluding carboxylic acids is 4. The van der Waals surface area contributed by atoms with E-state index in [1.54, 1.807) is 48.5 Å². The molecule has 0 aliphatic carbocycles. The van der Waals surface area contributed by atoms with Crippen LogP contribution in [0.1, 0.15) is 74.7 Å². The maximum absolute atomic E-state index is 14.1. The Morgan fingerprint density at radius 1 is 1.13 bits per heavy atom. The van der Waals surface area contributed by atoms with Crippen molar-refractivity contribution in [2.24, 2.45) is 23.7 Å². The van der Waals surface area contributed by atoms with Gasteiger partial charge in [0.1, 0.15) is 24.1 Å². The Morgan fingerprint density at radius 2 is 1.77 bits per heavy atom. The van der Waals surface area contributed by atoms with E-state index in [-0.39, 0.29) is 30.8 Å². The summed E-state index contributed by atoms with van der Waals surface area (Å²) in [5.41, 5.74) is -2.59. The lowest BCUT2D eigenvalue weighted by molar-refractivity contribution is -0.301. The highest BCUT2D eigenvalue weighted by atomic mass is 16.7. The molecule has 0 spiro atoms. The minimum Gasteiger partial charge on any atom is -0.458 e. The molecule has 2 N–H and O–H groups in total. The van der Waals surface area contributed by atoms with E-state index in [0.717, 1.165) is 6.08 Å². The molecule has 0 radical (unpaired) electrons. The van der Waals surface area contributed by atoms with E-state index in [1.807, 2.05) is 25.9 Å². The molecular weight excluding hydrogens is 612 g/mol. The highest BCUT2D eigenvalue weighted by Crippen LogP contribution is 2.41. The van der Waals surface area contributed by atoms with Crippen molar-refractivity contribution in [1.82, 2.24) is 10.2 Å². The van der Waals surface area contributed by atoms with Crippen LogP contribution in [0.15, 0.2) is 12.7 Å². The molecule has 3 saturated heterocycles. The minimum atomic E-state index is -1.36. The molecule has 3 rings (SSSR count). The third-order valence-corrected chi connectivity index (χ3v) is 10.5. The molecule has 0 bridgehead atoms. The summed E-state index contributed by atoms with van der Waals surface area (Å²) in [6.45, 7) is 17.5. The number of alkyl carbamates (subject to hydrolysis) is 1. The van der Waals surface area contributed by atoms with Crippen LogP contribution in [0, 0.1) is 23.7 Å². The Morgan fingerprint density at radius 3 is 2.32 bits per heavy atom. The van der Waals surface area contributed by atoms with Gasteiger partial charge in [0.15, 0.2) is 11.9 Å². The van der Waals surface area contributed by atoms with Gasteiger partial charge in [-0.3, -0.25) is 9.59 Å². The largest absolute Gasteiger partial charge is 0.458 e. The molecule has 3 aliphatic rings. The number of nitrogens with zero attached hydrogens (tertiary/aromatic N) is 1. The zero-order valence-corrected chi connectivity index (χ0v) is 29.8. The van der Waals surface area contributed by atoms with Crippen molar-refractivity contribution in [2.75, 3.05) is 21.2 Å². The summed E-state index contributed by atoms with van der Waals surface area (Å²) in [6.07, 6.45) is -4.16. The van der Waals surface area contributed by atoms with E-state index in [1.165, 1.54) is 7.11 Å². The molecule has 0 unspecified atom stereocenters. The van der Waals surface area contributed by atoms with Crippen LogP contribution < -0.4 is 5.32 Å². The molecule has 3 heterocycles. The first-order valence-corrected chi connectivity index (χ1v) is 16.6. The number of methoxy groups -OCH3 is 1. The number of rotatable bonds is 7. The van der Waals surface area contributed by atoms with E-state index in [0.29, 0.717) is 6.42 Å². The van der Waals surface area contributed by atoms with Crippen LogP contribution >= 0.6 is 0 Å². The van der Waals surface area contributed by atoms with Gasteiger partial charge < -0.3 is 43.7 Å². The number of fused-ring (bicyclic) bond motifs is 1. The summed E-state index contributed by atoms with van der Waals surface area (Å²) >= 11 is 0. The van der Waals surface area contributed by atoms with Crippen LogP contribution in [0.25, 0.3) is 0 Å². The number of likely N-dealkylation sites (N-methyl/N-ethyl adjacent to an activating group) is 1. The molecule has 268 valence electrons. The minimum absolute atomic E-state index is 0.146. The summed E-state index contributed by atoms with van der Waals surface area (Å²) in [5.74, 6) is -4.77. The van der Waals surface area contributed by atoms with Crippen molar-refractivity contribution >= 4 is 23.8 Å². The van der Waals surface area contributed by atoms with E-state index in [2.05, 4.69) is 11.9 Å². The number of ether oxygens (including phenoxy) is 6. The average Bonchev–Trinajstić information content (AvgIpc) is 3.34. The first kappa shape index (κ1) is 38.9. The molecule has 1 amide bonds. The summed E-state index contributed by atoms with van der Waals surface area (Å²) < 4.78 is 36.6. The van der Waals surface area contributed by atoms with E-state index in [9.17, 15) is 24.3 Å². The number of esters is 2. The van der Waals surface area contributed by atoms with Crippen molar-refractivity contribution in [2.45, 2.75) is 135 Å². The second-order valence-corrected chi connectivity index (χ2v) is 14.2. The first-order chi connectivity index (χ1) is 21.8. The zero-order chi connectivity index (χ0) is 35.6. The summed E-state index contributed by atoms with van der Waals surface area (Å²) in [5, 5.41) is 14.2. The Labute approximate surface area is 279 Å². The Bertz CT molecular complexity index is 1160. The topological polar surface area (TPSA) is 159 Å². The predicted molar refractivity (Wildman–Crippen MR) is 171 cm³/mol. The number of cyclic esters (lactones) is 1. The van der Waals surface area contributed by atoms with Gasteiger partial charge >= 0.3 is 18.0 Å². The monoisotopic (exact) mass is 668 g/mol. The zero-order valence-electron chi connectivity index (χ0n) is 29.8. The fourth-order valence-corrected chi connectivity index (χ4v) is 7.72. The van der Waals surface area contributed by atoms with Crippen molar-refractivity contribution < 1.29 is 52.7 Å². The van der Waals surface area contributed by atoms with E-state index < -0.39 is 89.7 Å². The first-order valence-electron chi connectivity index (χ1n) is 16.6. The van der Waals surface area contributed by atoms with Crippen molar-refractivity contribution in [3.63, 3.8) is 0 Å². The molecule has 3 aliphatic heterocycles. The average molecular weight is 669 g/mol. The van der Waals surface area contributed by atoms with Gasteiger partial charge in [0.05, 0.1) is 29.8 Å². The standard InChI is InChI=1S/C34H56N2O11/c1-13-23-34(9)28(35-32(41)47-34)19(5)25(38)17(3)16-33(8,42-12)29(46-31-26(39)22(36(10)11)15-18(4)43-31)20(6)27(45-24(37)14-2)21(7)30(40)44-23/h14,17-23,26-29,31,39H,2,13,15-16H2,1,3-12H3,(H,35,41)/t17-,18-,19+,20+,21-,22+,23-,26-,27+,28-,29-,31+,33-,34-/m1/s1. The molecule has 13 heteroatoms. The summed E-state index contributed by atoms with van der Waals surface area (Å²) in [6, 6.07) is -1.08. The van der Waals surface area contributed by atoms with Gasteiger partial charge in [-0.15, -0.1) is 0 Å². The molecule has 0 aromatic heterocycles. The number of hydrogen-bond donors (Lipinski definition) is 2. The van der Waals surface area contributed by atoms with E-state index >= 15 is 0 Å². The Kier molecular flexibility index (Phi) is 12.7. The van der Waals surface area contributed by atoms with Crippen molar-refractivity contribution in [3.05, 3.63) is 12.7 Å². The number of amides is 1. The maximum Gasteiger partial charge on any atom is 0.408 e. The van der Waals surface area contributed by atoms with Gasteiger partial charge in [0.2, 0.25) is 0 Å². The van der Waals surface area contributed by atoms with Gasteiger partial charge in [0.25, 0.3) is 0 Å². The molecule has 0 aromatic rings. The molecule has 0 saturated carbocycles. The van der Waals surface area contributed by atoms with Crippen molar-refractivity contribution in [1.29, 1.82) is 0 Å². The van der Waals surface area contributed by atoms with Crippen LogP contribution in [0.5, 0.6) is 0 Å². The molecule has 0 aromatic carbocycles. The Balaban J connectivity index is 2.19. The SMILES string of the molecule is C=CC(=O)O[C@H]1[C@H](C)[C@@H](O[C@@H]2O[C@H](C)C[C@H](N(C)C)[C@H]2O)[C@](C)(OC)C[C@@H](C)C(=O)[C@H](C)[C@H]2NC(=O)O[C@]2(C)[C@@H](CC)OC(=O)[C@@H]1C. The fourth-order valence-electron chi connectivity index (χ4n) is 7.72. The lowest BCUT2D eigenvalue weighted by Crippen LogP contribution is -2.60. The number of carbonyl (C=O) groups is 4. The number of aliphatic hydroxyl groups is 1. The van der Waals surface area contributed by atoms with Gasteiger partial charge in [-0.2, -0.15) is 0 Å². The number of nitrogens with one attached hydrogen (secondary N) is 1. The maximum atomic E-state index is 14.1. The lowest BCUT2D eigenvalue weighted by atomic mass is 9.73. The number of Topliss-reactive ketones (excluding diaryl/α,β-unsaturated/α-hetero) is 1. The van der Waals surface area contributed by atoms with Crippen LogP contribution in [-0.2, 0) is 42.8 Å². The third-order valence-electron chi connectivity index (χ3n) is 10.5. The summed E-state index contributed by atoms with van der Waals surface area (Å²) in [4.78, 5) is 55.3. The summed E-state index contributed by atoms with van der Waals surface area (Å²) in [7, 11) is 5.23. The molecule has 14 atom stereocenters. The normalized spacial score (nSPS) is 43.6. The smallest absolute Gasteiger partial charge is 0.408 e.